The van der Waals surface area contributed by atoms with Gasteiger partial charge in [-0.3, -0.25) is 23.4 Å². The molecule has 0 aromatic heterocycles. The van der Waals surface area contributed by atoms with Crippen molar-refractivity contribution in [2.24, 2.45) is 0 Å². The lowest BCUT2D eigenvalue weighted by atomic mass is 10.0. The summed E-state index contributed by atoms with van der Waals surface area (Å²) >= 11 is 0. The van der Waals surface area contributed by atoms with Gasteiger partial charge in [0.15, 0.2) is 6.10 Å². The van der Waals surface area contributed by atoms with Crippen LogP contribution in [0, 0.1) is 0 Å². The van der Waals surface area contributed by atoms with Crippen LogP contribution in [0.5, 0.6) is 0 Å². The van der Waals surface area contributed by atoms with Gasteiger partial charge in [0, 0.05) is 19.3 Å². The van der Waals surface area contributed by atoms with E-state index in [4.69, 9.17) is 23.3 Å². The lowest BCUT2D eigenvalue weighted by molar-refractivity contribution is -0.161. The molecule has 12 heteroatoms. The van der Waals surface area contributed by atoms with Crippen molar-refractivity contribution >= 4 is 25.7 Å². The molecular weight excluding hydrogens is 952 g/mol. The van der Waals surface area contributed by atoms with Crippen LogP contribution >= 0.6 is 7.82 Å². The zero-order valence-corrected chi connectivity index (χ0v) is 47.7. The smallest absolute Gasteiger partial charge is 0.462 e. The SMILES string of the molecule is CC/C=C\C/C=C\C/C=C\C/C=C\C/C=C\C/C=C\CCC(=O)OC(COC(=O)CCCCCCCCCCCCCCC)COP(=O)(O)OCC(CO)OC(=O)CCCCCCC/C=C\C/C=C\CCCCC. The van der Waals surface area contributed by atoms with Gasteiger partial charge in [-0.25, -0.2) is 4.57 Å². The summed E-state index contributed by atoms with van der Waals surface area (Å²) in [6, 6.07) is 0. The van der Waals surface area contributed by atoms with Crippen LogP contribution in [-0.4, -0.2) is 66.5 Å². The fraction of sp³-hybridized carbons (Fsp3) is 0.694. The maximum absolute atomic E-state index is 12.9. The number of phosphoric acid groups is 1. The fourth-order valence-corrected chi connectivity index (χ4v) is 8.37. The summed E-state index contributed by atoms with van der Waals surface area (Å²) in [5, 5.41) is 9.81. The quantitative estimate of drug-likeness (QED) is 0.0197. The molecule has 0 aliphatic rings. The summed E-state index contributed by atoms with van der Waals surface area (Å²) in [5.74, 6) is -1.58. The van der Waals surface area contributed by atoms with Crippen molar-refractivity contribution in [3.8, 4) is 0 Å². The van der Waals surface area contributed by atoms with Crippen LogP contribution in [0.4, 0.5) is 0 Å². The van der Waals surface area contributed by atoms with Gasteiger partial charge in [-0.1, -0.05) is 227 Å². The highest BCUT2D eigenvalue weighted by molar-refractivity contribution is 7.47. The van der Waals surface area contributed by atoms with Crippen LogP contribution in [-0.2, 0) is 42.2 Å². The number of allylic oxidation sites excluding steroid dienone is 16. The Kier molecular flexibility index (Phi) is 52.9. The summed E-state index contributed by atoms with van der Waals surface area (Å²) in [6.45, 7) is 4.41. The Balaban J connectivity index is 4.84. The van der Waals surface area contributed by atoms with Gasteiger partial charge in [0.25, 0.3) is 0 Å². The monoisotopic (exact) mass is 1060 g/mol. The van der Waals surface area contributed by atoms with Crippen molar-refractivity contribution in [1.29, 1.82) is 0 Å². The van der Waals surface area contributed by atoms with E-state index in [2.05, 4.69) is 106 Å². The minimum absolute atomic E-state index is 0.0393. The van der Waals surface area contributed by atoms with Crippen molar-refractivity contribution in [1.82, 2.24) is 0 Å². The molecule has 0 amide bonds. The number of aliphatic hydroxyl groups excluding tert-OH is 1. The molecule has 3 atom stereocenters. The van der Waals surface area contributed by atoms with Crippen LogP contribution in [0.15, 0.2) is 97.2 Å². The van der Waals surface area contributed by atoms with E-state index in [-0.39, 0.29) is 25.9 Å². The van der Waals surface area contributed by atoms with E-state index in [1.54, 1.807) is 0 Å². The Bertz CT molecular complexity index is 1610. The minimum atomic E-state index is -4.77. The second kappa shape index (κ2) is 55.6. The molecule has 0 radical (unpaired) electrons. The molecule has 0 aliphatic carbocycles. The maximum atomic E-state index is 12.9. The van der Waals surface area contributed by atoms with Crippen LogP contribution < -0.4 is 0 Å². The molecule has 0 saturated carbocycles. The molecule has 0 heterocycles. The van der Waals surface area contributed by atoms with Crippen LogP contribution in [0.1, 0.15) is 239 Å². The van der Waals surface area contributed by atoms with Gasteiger partial charge in [0.2, 0.25) is 0 Å². The third kappa shape index (κ3) is 53.2. The van der Waals surface area contributed by atoms with Crippen LogP contribution in [0.25, 0.3) is 0 Å². The molecule has 74 heavy (non-hydrogen) atoms. The van der Waals surface area contributed by atoms with Crippen LogP contribution in [0.3, 0.4) is 0 Å². The molecule has 0 fully saturated rings. The molecule has 0 aliphatic heterocycles. The number of phosphoric ester groups is 1. The van der Waals surface area contributed by atoms with Gasteiger partial charge in [-0.05, 0) is 89.9 Å². The minimum Gasteiger partial charge on any atom is -0.462 e. The number of aliphatic hydroxyl groups is 1. The molecular formula is C62H105O11P. The topological polar surface area (TPSA) is 155 Å². The fourth-order valence-electron chi connectivity index (χ4n) is 7.59. The first-order chi connectivity index (χ1) is 36.2. The lowest BCUT2D eigenvalue weighted by Crippen LogP contribution is -2.30. The Labute approximate surface area is 451 Å². The lowest BCUT2D eigenvalue weighted by Gasteiger charge is -2.21. The first-order valence-electron chi connectivity index (χ1n) is 29.1. The Morgan fingerprint density at radius 3 is 1.19 bits per heavy atom. The molecule has 0 aromatic carbocycles. The molecule has 0 aromatic rings. The van der Waals surface area contributed by atoms with E-state index in [0.29, 0.717) is 25.7 Å². The van der Waals surface area contributed by atoms with E-state index in [9.17, 15) is 28.9 Å². The standard InChI is InChI=1S/C62H105O11P/c1-4-7-10-13-16-19-22-25-27-28-29-30-32-35-38-41-44-47-50-53-62(66)73-59(55-69-60(64)51-48-45-42-39-36-33-24-21-18-15-12-9-6-3)57-71-74(67,68)70-56-58(54-63)72-61(65)52-49-46-43-40-37-34-31-26-23-20-17-14-11-8-5-2/h7,10,16-17,19-20,25-27,29-31,35,38,44,47,58-59,63H,4-6,8-9,11-15,18,21-24,28,32-34,36-37,39-43,45-46,48-57H2,1-3H3,(H,67,68)/b10-7-,19-16-,20-17-,27-25-,30-29-,31-26-,38-35-,47-44-. The van der Waals surface area contributed by atoms with E-state index in [0.717, 1.165) is 96.3 Å². The average Bonchev–Trinajstić information content (AvgIpc) is 3.39. The highest BCUT2D eigenvalue weighted by Crippen LogP contribution is 2.43. The molecule has 11 nitrogen and oxygen atoms in total. The van der Waals surface area contributed by atoms with E-state index < -0.39 is 57.8 Å². The number of esters is 3. The summed E-state index contributed by atoms with van der Waals surface area (Å²) in [6.07, 6.45) is 65.2. The second-order valence-electron chi connectivity index (χ2n) is 19.1. The number of hydrogen-bond acceptors (Lipinski definition) is 10. The predicted molar refractivity (Wildman–Crippen MR) is 307 cm³/mol. The highest BCUT2D eigenvalue weighted by atomic mass is 31.2. The first kappa shape index (κ1) is 70.4. The van der Waals surface area contributed by atoms with Gasteiger partial charge >= 0.3 is 25.7 Å². The molecule has 0 rings (SSSR count). The molecule has 0 bridgehead atoms. The average molecular weight is 1060 g/mol. The predicted octanol–water partition coefficient (Wildman–Crippen LogP) is 17.3. The number of hydrogen-bond donors (Lipinski definition) is 2. The second-order valence-corrected chi connectivity index (χ2v) is 20.5. The maximum Gasteiger partial charge on any atom is 0.472 e. The molecule has 2 N–H and O–H groups in total. The van der Waals surface area contributed by atoms with E-state index >= 15 is 0 Å². The summed E-state index contributed by atoms with van der Waals surface area (Å²) in [7, 11) is -4.77. The van der Waals surface area contributed by atoms with Gasteiger partial charge in [-0.2, -0.15) is 0 Å². The van der Waals surface area contributed by atoms with E-state index in [1.165, 1.54) is 77.0 Å². The van der Waals surface area contributed by atoms with Gasteiger partial charge in [-0.15, -0.1) is 0 Å². The van der Waals surface area contributed by atoms with Crippen molar-refractivity contribution in [2.75, 3.05) is 26.4 Å². The van der Waals surface area contributed by atoms with Crippen molar-refractivity contribution in [3.63, 3.8) is 0 Å². The number of rotatable bonds is 53. The Morgan fingerprint density at radius 1 is 0.392 bits per heavy atom. The zero-order valence-electron chi connectivity index (χ0n) is 46.8. The number of unbranched alkanes of at least 4 members (excludes halogenated alkanes) is 20. The van der Waals surface area contributed by atoms with Crippen molar-refractivity contribution in [2.45, 2.75) is 251 Å². The number of carbonyl (C=O) groups excluding carboxylic acids is 3. The first-order valence-corrected chi connectivity index (χ1v) is 30.6. The normalized spacial score (nSPS) is 14.1. The molecule has 0 saturated heterocycles. The molecule has 3 unspecified atom stereocenters. The van der Waals surface area contributed by atoms with Crippen molar-refractivity contribution in [3.05, 3.63) is 97.2 Å². The summed E-state index contributed by atoms with van der Waals surface area (Å²) in [4.78, 5) is 48.5. The largest absolute Gasteiger partial charge is 0.472 e. The zero-order chi connectivity index (χ0) is 54.1. The van der Waals surface area contributed by atoms with E-state index in [1.807, 2.05) is 12.2 Å². The summed E-state index contributed by atoms with van der Waals surface area (Å²) < 4.78 is 39.4. The molecule has 0 spiro atoms. The molecule has 424 valence electrons. The third-order valence-electron chi connectivity index (χ3n) is 12.0. The van der Waals surface area contributed by atoms with Gasteiger partial charge in [0.1, 0.15) is 12.7 Å². The van der Waals surface area contributed by atoms with Gasteiger partial charge < -0.3 is 24.2 Å². The Morgan fingerprint density at radius 2 is 0.730 bits per heavy atom. The Hall–Kier alpha value is -3.60. The summed E-state index contributed by atoms with van der Waals surface area (Å²) in [5.41, 5.74) is 0. The van der Waals surface area contributed by atoms with Crippen molar-refractivity contribution < 1.29 is 52.2 Å². The number of ether oxygens (including phenoxy) is 3. The number of carbonyl (C=O) groups is 3. The van der Waals surface area contributed by atoms with Crippen LogP contribution in [0.2, 0.25) is 0 Å². The highest BCUT2D eigenvalue weighted by Gasteiger charge is 2.28. The third-order valence-corrected chi connectivity index (χ3v) is 13.0. The van der Waals surface area contributed by atoms with Gasteiger partial charge in [0.05, 0.1) is 19.8 Å².